The number of fused-ring (bicyclic) bond motifs is 28. The highest BCUT2D eigenvalue weighted by atomic mass is 15.2. The summed E-state index contributed by atoms with van der Waals surface area (Å²) in [6.07, 6.45) is 7.40. The number of hydrogen-bond donors (Lipinski definition) is 0. The van der Waals surface area contributed by atoms with Gasteiger partial charge in [-0.1, -0.05) is 170 Å². The van der Waals surface area contributed by atoms with Gasteiger partial charge in [0.25, 0.3) is 0 Å². The van der Waals surface area contributed by atoms with Crippen LogP contribution in [-0.4, -0.2) is 43.4 Å². The van der Waals surface area contributed by atoms with Crippen LogP contribution in [-0.2, 0) is 6.42 Å². The van der Waals surface area contributed by atoms with Crippen molar-refractivity contribution in [1.82, 2.24) is 43.4 Å². The summed E-state index contributed by atoms with van der Waals surface area (Å²) >= 11 is 0. The first-order valence-electron chi connectivity index (χ1n) is 30.3. The lowest BCUT2D eigenvalue weighted by Gasteiger charge is -2.26. The fraction of sp³-hybridized carbons (Fsp3) is 0.0380. The van der Waals surface area contributed by atoms with E-state index in [9.17, 15) is 0 Å². The van der Waals surface area contributed by atoms with Gasteiger partial charge in [0.1, 0.15) is 16.7 Å². The monoisotopic (exact) mass is 1120 g/mol. The standard InChI is InChI=1S/C79H45N9/c1-2-16-44(17-3-1)71-72-65(26-14-38-81-72)84-79(85-71)88-73-47-18-5-4-15-43(47)29-32-56(73)62-40-60-49-20-7-6-19-48(49)51-33-35-54(60)69(75(62)88)53-31-30-45(39-59(51)53)46-23-12-24-55-50(46)34-36-57-63-41-61-52-21-8-10-27-67(52)86-68-28-11-9-22-58(68)70(76(61)86)77(63)87(74(55)57)78-82-42-66-64(83-78)25-13-37-80-66/h1-32,34,36-42,51H,33,35H2. The molecule has 0 spiro atoms. The van der Waals surface area contributed by atoms with Crippen molar-refractivity contribution >= 4 is 125 Å². The van der Waals surface area contributed by atoms with Crippen LogP contribution in [0, 0.1) is 0 Å². The van der Waals surface area contributed by atoms with Gasteiger partial charge in [0.2, 0.25) is 11.9 Å². The second kappa shape index (κ2) is 17.0. The molecule has 1 atom stereocenters. The first-order chi connectivity index (χ1) is 43.7. The van der Waals surface area contributed by atoms with Crippen LogP contribution in [0.15, 0.2) is 243 Å². The van der Waals surface area contributed by atoms with Crippen LogP contribution in [0.4, 0.5) is 0 Å². The fourth-order valence-corrected chi connectivity index (χ4v) is 16.1. The fourth-order valence-electron chi connectivity index (χ4n) is 16.1. The summed E-state index contributed by atoms with van der Waals surface area (Å²) in [5.74, 6) is 1.36. The summed E-state index contributed by atoms with van der Waals surface area (Å²) in [6, 6.07) is 82.6. The normalized spacial score (nSPS) is 13.9. The van der Waals surface area contributed by atoms with Crippen LogP contribution in [0.3, 0.4) is 0 Å². The van der Waals surface area contributed by atoms with Crippen molar-refractivity contribution < 1.29 is 0 Å². The van der Waals surface area contributed by atoms with Crippen molar-refractivity contribution in [2.75, 3.05) is 0 Å². The number of benzene rings is 11. The average Bonchev–Trinajstić information content (AvgIpc) is 1.57. The molecule has 0 saturated heterocycles. The van der Waals surface area contributed by atoms with Crippen molar-refractivity contribution in [1.29, 1.82) is 0 Å². The molecule has 0 saturated carbocycles. The summed E-state index contributed by atoms with van der Waals surface area (Å²) in [4.78, 5) is 31.3. The molecule has 8 aromatic heterocycles. The Balaban J connectivity index is 0.858. The van der Waals surface area contributed by atoms with Crippen molar-refractivity contribution in [3.8, 4) is 56.5 Å². The Kier molecular flexibility index (Phi) is 9.03. The molecule has 9 heteroatoms. The largest absolute Gasteiger partial charge is 0.308 e. The van der Waals surface area contributed by atoms with Crippen LogP contribution in [0.2, 0.25) is 0 Å². The number of para-hydroxylation sites is 2. The Labute approximate surface area is 501 Å². The maximum Gasteiger partial charge on any atom is 0.235 e. The van der Waals surface area contributed by atoms with Gasteiger partial charge in [-0.25, -0.2) is 19.9 Å². The molecule has 0 N–H and O–H groups in total. The number of nitrogens with zero attached hydrogens (tertiary/aromatic N) is 9. The quantitative estimate of drug-likeness (QED) is 0.174. The van der Waals surface area contributed by atoms with E-state index < -0.39 is 0 Å². The molecule has 88 heavy (non-hydrogen) atoms. The third-order valence-electron chi connectivity index (χ3n) is 19.7. The number of pyridine rings is 2. The van der Waals surface area contributed by atoms with E-state index in [0.717, 1.165) is 101 Å². The zero-order valence-corrected chi connectivity index (χ0v) is 47.1. The first-order valence-corrected chi connectivity index (χ1v) is 30.3. The van der Waals surface area contributed by atoms with Crippen LogP contribution in [0.1, 0.15) is 29.0 Å². The molecule has 8 heterocycles. The van der Waals surface area contributed by atoms with E-state index in [1.54, 1.807) is 0 Å². The molecular formula is C79H45N9. The molecule has 0 amide bonds. The lowest BCUT2D eigenvalue weighted by atomic mass is 9.78. The molecule has 0 radical (unpaired) electrons. The van der Waals surface area contributed by atoms with Crippen molar-refractivity contribution in [3.05, 3.63) is 260 Å². The molecule has 1 unspecified atom stereocenters. The van der Waals surface area contributed by atoms with Crippen LogP contribution >= 0.6 is 0 Å². The summed E-state index contributed by atoms with van der Waals surface area (Å²) in [6.45, 7) is 0. The zero-order chi connectivity index (χ0) is 57.0. The topological polar surface area (TPSA) is 91.6 Å². The van der Waals surface area contributed by atoms with Gasteiger partial charge in [-0.2, -0.15) is 0 Å². The van der Waals surface area contributed by atoms with Crippen LogP contribution in [0.25, 0.3) is 182 Å². The second-order valence-corrected chi connectivity index (χ2v) is 24.0. The maximum atomic E-state index is 5.61. The Morgan fingerprint density at radius 2 is 1.05 bits per heavy atom. The summed E-state index contributed by atoms with van der Waals surface area (Å²) in [5, 5.41) is 14.1. The zero-order valence-electron chi connectivity index (χ0n) is 47.1. The van der Waals surface area contributed by atoms with E-state index in [1.165, 1.54) is 98.9 Å². The molecule has 19 aromatic rings. The van der Waals surface area contributed by atoms with E-state index in [4.69, 9.17) is 24.9 Å². The smallest absolute Gasteiger partial charge is 0.235 e. The second-order valence-electron chi connectivity index (χ2n) is 24.0. The van der Waals surface area contributed by atoms with Crippen molar-refractivity contribution in [2.45, 2.75) is 18.8 Å². The minimum absolute atomic E-state index is 0.128. The van der Waals surface area contributed by atoms with E-state index in [2.05, 4.69) is 225 Å². The van der Waals surface area contributed by atoms with Crippen molar-refractivity contribution in [2.24, 2.45) is 0 Å². The van der Waals surface area contributed by atoms with E-state index >= 15 is 0 Å². The van der Waals surface area contributed by atoms with Gasteiger partial charge >= 0.3 is 0 Å². The number of rotatable bonds is 4. The molecule has 406 valence electrons. The molecule has 2 aliphatic rings. The Morgan fingerprint density at radius 1 is 0.364 bits per heavy atom. The van der Waals surface area contributed by atoms with Gasteiger partial charge in [-0.3, -0.25) is 19.1 Å². The molecule has 2 bridgehead atoms. The van der Waals surface area contributed by atoms with Gasteiger partial charge in [-0.05, 0) is 123 Å². The highest BCUT2D eigenvalue weighted by molar-refractivity contribution is 6.36. The lowest BCUT2D eigenvalue weighted by molar-refractivity contribution is 0.736. The molecule has 9 nitrogen and oxygen atoms in total. The lowest BCUT2D eigenvalue weighted by Crippen LogP contribution is -2.07. The predicted molar refractivity (Wildman–Crippen MR) is 358 cm³/mol. The van der Waals surface area contributed by atoms with Gasteiger partial charge in [0.05, 0.1) is 55.8 Å². The maximum absolute atomic E-state index is 5.61. The third kappa shape index (κ3) is 6.03. The average molecular weight is 1120 g/mol. The minimum atomic E-state index is 0.128. The third-order valence-corrected chi connectivity index (χ3v) is 19.7. The Morgan fingerprint density at radius 3 is 1.95 bits per heavy atom. The Bertz CT molecular complexity index is 6330. The van der Waals surface area contributed by atoms with Gasteiger partial charge < -0.3 is 4.40 Å². The summed E-state index contributed by atoms with van der Waals surface area (Å²) in [5.41, 5.74) is 24.4. The van der Waals surface area contributed by atoms with E-state index in [0.29, 0.717) is 11.9 Å². The van der Waals surface area contributed by atoms with Crippen LogP contribution in [0.5, 0.6) is 0 Å². The van der Waals surface area contributed by atoms with Crippen LogP contribution < -0.4 is 0 Å². The minimum Gasteiger partial charge on any atom is -0.308 e. The molecule has 0 fully saturated rings. The Hall–Kier alpha value is -11.7. The number of hydrogen-bond acceptors (Lipinski definition) is 6. The SMILES string of the molecule is c1ccc(-c2nc(-n3c4c5c6c(cc4c4ccc7ccccc7c43)-c3ccccc3C(CC6)c3cc(-c4cccc6c4ccc4c7cc8c9ccccc9n9c%10ccccc%10c(c7n(-c7ncc%10ncccc%10n7)c64)c89)ccc3-5)nc3cccnc23)cc1. The van der Waals surface area contributed by atoms with Gasteiger partial charge in [0.15, 0.2) is 0 Å². The number of aromatic nitrogens is 9. The highest BCUT2D eigenvalue weighted by Crippen LogP contribution is 2.56. The van der Waals surface area contributed by atoms with Gasteiger partial charge in [0, 0.05) is 83.3 Å². The molecule has 11 aromatic carbocycles. The molecule has 21 rings (SSSR count). The molecule has 2 aliphatic carbocycles. The molecule has 0 aliphatic heterocycles. The summed E-state index contributed by atoms with van der Waals surface area (Å²) < 4.78 is 7.23. The van der Waals surface area contributed by atoms with E-state index in [-0.39, 0.29) is 5.92 Å². The van der Waals surface area contributed by atoms with Gasteiger partial charge in [-0.15, -0.1) is 0 Å². The van der Waals surface area contributed by atoms with Crippen molar-refractivity contribution in [3.63, 3.8) is 0 Å². The van der Waals surface area contributed by atoms with E-state index in [1.807, 2.05) is 36.8 Å². The molecular weight excluding hydrogens is 1070 g/mol. The predicted octanol–water partition coefficient (Wildman–Crippen LogP) is 19.1. The summed E-state index contributed by atoms with van der Waals surface area (Å²) in [7, 11) is 0. The first kappa shape index (κ1) is 46.7. The highest BCUT2D eigenvalue weighted by Gasteiger charge is 2.36.